The van der Waals surface area contributed by atoms with Gasteiger partial charge in [0, 0.05) is 11.6 Å². The molecule has 43 heavy (non-hydrogen) atoms. The monoisotopic (exact) mass is 580 g/mol. The van der Waals surface area contributed by atoms with Crippen molar-refractivity contribution in [1.82, 2.24) is 0 Å². The molecular weight excluding hydrogens is 528 g/mol. The number of anilines is 2. The molecule has 5 rings (SSSR count). The maximum atomic E-state index is 11.2. The van der Waals surface area contributed by atoms with Crippen LogP contribution in [-0.2, 0) is 6.61 Å². The van der Waals surface area contributed by atoms with Gasteiger partial charge in [-0.1, -0.05) is 119 Å². The molecule has 4 aromatic carbocycles. The maximum absolute atomic E-state index is 11.2. The van der Waals surface area contributed by atoms with Crippen LogP contribution < -0.4 is 15.8 Å². The van der Waals surface area contributed by atoms with E-state index in [-0.39, 0.29) is 5.78 Å². The first-order valence-electron chi connectivity index (χ1n) is 15.9. The number of carbonyl (C=O) groups excluding carboxylic acids is 1. The van der Waals surface area contributed by atoms with E-state index in [1.807, 2.05) is 58.0 Å². The highest BCUT2D eigenvalue weighted by Crippen LogP contribution is 2.27. The lowest BCUT2D eigenvalue weighted by atomic mass is 9.95. The van der Waals surface area contributed by atoms with Gasteiger partial charge in [0.25, 0.3) is 0 Å². The number of carbonyl (C=O) groups is 1. The number of nitrogens with one attached hydrogen (secondary N) is 1. The normalized spacial score (nSPS) is 12.3. The topological polar surface area (TPSA) is 64.4 Å². The lowest BCUT2D eigenvalue weighted by Crippen LogP contribution is -2.22. The van der Waals surface area contributed by atoms with E-state index in [9.17, 15) is 4.79 Å². The summed E-state index contributed by atoms with van der Waals surface area (Å²) >= 11 is 0. The predicted molar refractivity (Wildman–Crippen MR) is 186 cm³/mol. The van der Waals surface area contributed by atoms with Gasteiger partial charge in [0.1, 0.15) is 12.4 Å². The highest BCUT2D eigenvalue weighted by molar-refractivity contribution is 5.96. The minimum Gasteiger partial charge on any atom is -0.489 e. The molecule has 1 aliphatic rings. The van der Waals surface area contributed by atoms with E-state index in [0.29, 0.717) is 23.9 Å². The molecule has 3 N–H and O–H groups in total. The maximum Gasteiger partial charge on any atom is 0.159 e. The molecule has 1 saturated carbocycles. The fraction of sp³-hybridized carbons (Fsp3) is 0.359. The van der Waals surface area contributed by atoms with Crippen molar-refractivity contribution < 1.29 is 9.53 Å². The number of nitrogens with two attached hydrogens (primary N) is 1. The molecule has 1 aliphatic carbocycles. The number of rotatable bonds is 7. The standard InChI is InChI=1S/C21H20O.C14H20N2O.2C2H6/c1-16-8-11-20(12-9-16)22-15-19-14-17(2)10-13-21(19)18-6-4-3-5-7-18;1-10(17)11-7-8-14(13(15)9-11)16-12-5-3-2-4-6-12;2*1-2/h3-14H,15H2,1-2H3;7-9,12,16H,2-6,15H2,1H3;2*1-2H3. The zero-order valence-corrected chi connectivity index (χ0v) is 27.4. The van der Waals surface area contributed by atoms with Gasteiger partial charge in [0.05, 0.1) is 11.4 Å². The second-order valence-corrected chi connectivity index (χ2v) is 10.5. The first-order valence-corrected chi connectivity index (χ1v) is 15.9. The quantitative estimate of drug-likeness (QED) is 0.169. The van der Waals surface area contributed by atoms with Crippen LogP contribution in [-0.4, -0.2) is 11.8 Å². The van der Waals surface area contributed by atoms with Crippen LogP contribution in [0.5, 0.6) is 5.75 Å². The third-order valence-corrected chi connectivity index (χ3v) is 7.18. The summed E-state index contributed by atoms with van der Waals surface area (Å²) in [5.74, 6) is 0.965. The molecule has 230 valence electrons. The van der Waals surface area contributed by atoms with E-state index in [1.165, 1.54) is 59.9 Å². The largest absolute Gasteiger partial charge is 0.489 e. The second kappa shape index (κ2) is 19.2. The van der Waals surface area contributed by atoms with Crippen LogP contribution in [0.4, 0.5) is 11.4 Å². The molecule has 4 aromatic rings. The van der Waals surface area contributed by atoms with E-state index < -0.39 is 0 Å². The van der Waals surface area contributed by atoms with E-state index in [0.717, 1.165) is 11.4 Å². The number of hydrogen-bond donors (Lipinski definition) is 2. The van der Waals surface area contributed by atoms with Gasteiger partial charge in [0.2, 0.25) is 0 Å². The molecule has 0 bridgehead atoms. The van der Waals surface area contributed by atoms with Crippen LogP contribution in [0.2, 0.25) is 0 Å². The Kier molecular flexibility index (Phi) is 15.7. The highest BCUT2D eigenvalue weighted by Gasteiger charge is 2.14. The smallest absolute Gasteiger partial charge is 0.159 e. The third-order valence-electron chi connectivity index (χ3n) is 7.18. The summed E-state index contributed by atoms with van der Waals surface area (Å²) in [6, 6.07) is 31.2. The molecule has 0 saturated heterocycles. The van der Waals surface area contributed by atoms with Gasteiger partial charge in [-0.15, -0.1) is 0 Å². The number of Topliss-reactive ketones (excluding diaryl/α,β-unsaturated/α-hetero) is 1. The van der Waals surface area contributed by atoms with Crippen molar-refractivity contribution in [3.05, 3.63) is 113 Å². The molecule has 0 heterocycles. The summed E-state index contributed by atoms with van der Waals surface area (Å²) < 4.78 is 5.96. The zero-order valence-electron chi connectivity index (χ0n) is 27.4. The minimum absolute atomic E-state index is 0.0564. The molecule has 4 nitrogen and oxygen atoms in total. The fourth-order valence-electron chi connectivity index (χ4n) is 4.92. The Morgan fingerprint density at radius 1 is 0.791 bits per heavy atom. The Morgan fingerprint density at radius 2 is 1.42 bits per heavy atom. The van der Waals surface area contributed by atoms with E-state index in [1.54, 1.807) is 13.0 Å². The molecule has 0 spiro atoms. The molecule has 0 amide bonds. The predicted octanol–water partition coefficient (Wildman–Crippen LogP) is 10.8. The molecule has 0 aromatic heterocycles. The molecule has 1 fully saturated rings. The Balaban J connectivity index is 0.000000276. The van der Waals surface area contributed by atoms with E-state index >= 15 is 0 Å². The molecule has 4 heteroatoms. The number of aryl methyl sites for hydroxylation is 2. The summed E-state index contributed by atoms with van der Waals surface area (Å²) in [5.41, 5.74) is 14.4. The van der Waals surface area contributed by atoms with Gasteiger partial charge in [0.15, 0.2) is 5.78 Å². The van der Waals surface area contributed by atoms with Crippen LogP contribution in [0.1, 0.15) is 93.8 Å². The van der Waals surface area contributed by atoms with Crippen molar-refractivity contribution in [2.24, 2.45) is 0 Å². The molecule has 0 radical (unpaired) electrons. The SMILES string of the molecule is CC.CC.CC(=O)c1ccc(NC2CCCCC2)c(N)c1.Cc1ccc(OCc2cc(C)ccc2-c2ccccc2)cc1. The first kappa shape index (κ1) is 35.1. The van der Waals surface area contributed by atoms with Gasteiger partial charge in [-0.2, -0.15) is 0 Å². The number of benzene rings is 4. The number of hydrogen-bond acceptors (Lipinski definition) is 4. The van der Waals surface area contributed by atoms with Gasteiger partial charge >= 0.3 is 0 Å². The molecule has 0 aliphatic heterocycles. The van der Waals surface area contributed by atoms with Gasteiger partial charge in [-0.05, 0) is 80.6 Å². The van der Waals surface area contributed by atoms with Gasteiger partial charge < -0.3 is 15.8 Å². The number of ketones is 1. The summed E-state index contributed by atoms with van der Waals surface area (Å²) in [6.07, 6.45) is 6.37. The second-order valence-electron chi connectivity index (χ2n) is 10.5. The van der Waals surface area contributed by atoms with Crippen molar-refractivity contribution in [1.29, 1.82) is 0 Å². The average molecular weight is 581 g/mol. The fourth-order valence-corrected chi connectivity index (χ4v) is 4.92. The molecular formula is C39H52N2O2. The summed E-state index contributed by atoms with van der Waals surface area (Å²) in [5, 5.41) is 3.48. The Morgan fingerprint density at radius 3 is 2.02 bits per heavy atom. The van der Waals surface area contributed by atoms with Crippen LogP contribution in [0, 0.1) is 13.8 Å². The van der Waals surface area contributed by atoms with Crippen molar-refractivity contribution in [2.45, 2.75) is 93.2 Å². The summed E-state index contributed by atoms with van der Waals surface area (Å²) in [6.45, 7) is 14.3. The van der Waals surface area contributed by atoms with Crippen LogP contribution in [0.15, 0.2) is 91.0 Å². The summed E-state index contributed by atoms with van der Waals surface area (Å²) in [7, 11) is 0. The first-order chi connectivity index (χ1) is 20.9. The summed E-state index contributed by atoms with van der Waals surface area (Å²) in [4.78, 5) is 11.2. The number of nitrogen functional groups attached to an aromatic ring is 1. The van der Waals surface area contributed by atoms with Gasteiger partial charge in [-0.25, -0.2) is 0 Å². The van der Waals surface area contributed by atoms with Crippen LogP contribution in [0.3, 0.4) is 0 Å². The van der Waals surface area contributed by atoms with Crippen LogP contribution in [0.25, 0.3) is 11.1 Å². The van der Waals surface area contributed by atoms with Gasteiger partial charge in [-0.3, -0.25) is 4.79 Å². The van der Waals surface area contributed by atoms with Crippen molar-refractivity contribution in [3.63, 3.8) is 0 Å². The lowest BCUT2D eigenvalue weighted by molar-refractivity contribution is 0.101. The van der Waals surface area contributed by atoms with Crippen LogP contribution >= 0.6 is 0 Å². The number of ether oxygens (including phenoxy) is 1. The zero-order chi connectivity index (χ0) is 31.6. The Bertz CT molecular complexity index is 1360. The van der Waals surface area contributed by atoms with E-state index in [2.05, 4.69) is 73.8 Å². The average Bonchev–Trinajstić information content (AvgIpc) is 3.05. The van der Waals surface area contributed by atoms with E-state index in [4.69, 9.17) is 10.5 Å². The lowest BCUT2D eigenvalue weighted by Gasteiger charge is -2.24. The third kappa shape index (κ3) is 11.6. The Hall–Kier alpha value is -4.05. The molecule has 0 unspecified atom stereocenters. The van der Waals surface area contributed by atoms with Crippen molar-refractivity contribution >= 4 is 17.2 Å². The highest BCUT2D eigenvalue weighted by atomic mass is 16.5. The Labute approximate surface area is 260 Å². The minimum atomic E-state index is 0.0564. The van der Waals surface area contributed by atoms with Crippen molar-refractivity contribution in [2.75, 3.05) is 11.1 Å². The molecule has 0 atom stereocenters. The van der Waals surface area contributed by atoms with Crippen molar-refractivity contribution in [3.8, 4) is 16.9 Å².